The van der Waals surface area contributed by atoms with Gasteiger partial charge in [0.25, 0.3) is 5.91 Å². The molecule has 0 aliphatic rings. The first kappa shape index (κ1) is 41.3. The van der Waals surface area contributed by atoms with Crippen LogP contribution < -0.4 is 16.4 Å². The van der Waals surface area contributed by atoms with Crippen molar-refractivity contribution in [2.24, 2.45) is 0 Å². The molecule has 0 aliphatic heterocycles. The van der Waals surface area contributed by atoms with Crippen molar-refractivity contribution in [3.8, 4) is 17.0 Å². The van der Waals surface area contributed by atoms with E-state index in [0.29, 0.717) is 17.5 Å². The Hall–Kier alpha value is -3.11. The van der Waals surface area contributed by atoms with Gasteiger partial charge in [0.1, 0.15) is 11.4 Å². The molecule has 2 unspecified atom stereocenters. The summed E-state index contributed by atoms with van der Waals surface area (Å²) in [6.07, 6.45) is 5.08. The molecule has 0 bridgehead atoms. The topological polar surface area (TPSA) is 203 Å². The number of hydrogen-bond acceptors (Lipinski definition) is 11. The van der Waals surface area contributed by atoms with Gasteiger partial charge in [-0.1, -0.05) is 43.5 Å². The Morgan fingerprint density at radius 1 is 1.04 bits per heavy atom. The van der Waals surface area contributed by atoms with Crippen LogP contribution in [0.1, 0.15) is 89.2 Å². The highest BCUT2D eigenvalue weighted by molar-refractivity contribution is 14.2. The lowest BCUT2D eigenvalue weighted by Gasteiger charge is -2.29. The molecule has 0 radical (unpaired) electrons. The van der Waals surface area contributed by atoms with Crippen molar-refractivity contribution in [2.75, 3.05) is 17.7 Å². The number of nitrogens with zero attached hydrogens (tertiary/aromatic N) is 2. The van der Waals surface area contributed by atoms with Crippen LogP contribution in [-0.2, 0) is 25.6 Å². The number of rotatable bonds is 17. The zero-order valence-corrected chi connectivity index (χ0v) is 32.9. The van der Waals surface area contributed by atoms with Gasteiger partial charge in [-0.25, -0.2) is 23.2 Å². The van der Waals surface area contributed by atoms with E-state index in [9.17, 15) is 23.1 Å². The summed E-state index contributed by atoms with van der Waals surface area (Å²) >= 11 is 2.15. The number of phenolic OH excluding ortho intramolecular Hbond substituents is 1. The van der Waals surface area contributed by atoms with Crippen molar-refractivity contribution >= 4 is 61.8 Å². The number of benzene rings is 2. The minimum absolute atomic E-state index is 0.0516. The van der Waals surface area contributed by atoms with E-state index in [1.807, 2.05) is 0 Å². The number of carbonyl (C=O) groups is 2. The van der Waals surface area contributed by atoms with Crippen LogP contribution in [0.15, 0.2) is 53.6 Å². The summed E-state index contributed by atoms with van der Waals surface area (Å²) in [5.74, 6) is -1.14. The molecule has 6 N–H and O–H groups in total. The normalized spacial score (nSPS) is 12.9. The lowest BCUT2D eigenvalue weighted by molar-refractivity contribution is 0.0523. The van der Waals surface area contributed by atoms with E-state index in [4.69, 9.17) is 20.1 Å². The molecule has 2 aromatic carbocycles. The van der Waals surface area contributed by atoms with Crippen LogP contribution in [0.25, 0.3) is 11.3 Å². The van der Waals surface area contributed by atoms with E-state index in [1.54, 1.807) is 58.9 Å². The Labute approximate surface area is 308 Å². The van der Waals surface area contributed by atoms with E-state index in [0.717, 1.165) is 32.1 Å². The van der Waals surface area contributed by atoms with E-state index in [2.05, 4.69) is 42.6 Å². The summed E-state index contributed by atoms with van der Waals surface area (Å²) in [4.78, 5) is 34.0. The minimum atomic E-state index is -3.76. The third-order valence-corrected chi connectivity index (χ3v) is 11.5. The number of hydrogen-bond donors (Lipinski definition) is 5. The molecular formula is C34H47IN5O8PS. The SMILES string of the molecule is CC(C)(C)OC(=O)NCc1cccc(NC(=O)c2nc(-c3ccc(S(=O)(=O)C(C)(C)CC(CCCCCCO)OPI)cc3)cnc2N)c1O. The number of para-hydroxylation sites is 1. The molecule has 1 aromatic heterocycles. The predicted molar refractivity (Wildman–Crippen MR) is 204 cm³/mol. The Balaban J connectivity index is 1.74. The van der Waals surface area contributed by atoms with Crippen LogP contribution in [0, 0.1) is 0 Å². The monoisotopic (exact) mass is 843 g/mol. The molecule has 3 aromatic rings. The van der Waals surface area contributed by atoms with Crippen LogP contribution >= 0.6 is 28.5 Å². The van der Waals surface area contributed by atoms with Crippen LogP contribution in [0.5, 0.6) is 5.75 Å². The zero-order chi connectivity index (χ0) is 37.1. The lowest BCUT2D eigenvalue weighted by atomic mass is 10.00. The van der Waals surface area contributed by atoms with Crippen LogP contribution in [0.2, 0.25) is 0 Å². The number of phenols is 1. The van der Waals surface area contributed by atoms with Gasteiger partial charge >= 0.3 is 6.09 Å². The quantitative estimate of drug-likeness (QED) is 0.0409. The number of nitrogen functional groups attached to an aromatic ring is 1. The first-order valence-electron chi connectivity index (χ1n) is 16.2. The maximum Gasteiger partial charge on any atom is 0.407 e. The maximum absolute atomic E-state index is 13.8. The second-order valence-corrected chi connectivity index (χ2v) is 17.6. The molecule has 0 spiro atoms. The van der Waals surface area contributed by atoms with Gasteiger partial charge in [0.2, 0.25) is 0 Å². The van der Waals surface area contributed by atoms with Crippen LogP contribution in [0.3, 0.4) is 0 Å². The third-order valence-electron chi connectivity index (χ3n) is 7.76. The molecule has 50 heavy (non-hydrogen) atoms. The number of nitrogens with one attached hydrogen (secondary N) is 2. The number of aromatic nitrogens is 2. The maximum atomic E-state index is 13.8. The zero-order valence-electron chi connectivity index (χ0n) is 29.0. The molecule has 0 fully saturated rings. The average Bonchev–Trinajstić information content (AvgIpc) is 3.04. The Morgan fingerprint density at radius 3 is 2.36 bits per heavy atom. The van der Waals surface area contributed by atoms with Crippen molar-refractivity contribution in [1.82, 2.24) is 15.3 Å². The standard InChI is InChI=1S/C34H47IN5O8PS/c1-33(2,3)47-32(44)38-20-23-11-10-13-26(29(23)42)40-31(43)28-30(36)37-21-27(39-28)22-14-16-25(17-15-22)50(45,46)34(4,5)19-24(48-49-35)12-8-6-7-9-18-41/h10-11,13-17,21,24,41-42,49H,6-9,12,18-20H2,1-5H3,(H2,36,37)(H,38,44)(H,40,43). The fourth-order valence-corrected chi connectivity index (χ4v) is 8.03. The Bertz CT molecular complexity index is 1720. The lowest BCUT2D eigenvalue weighted by Crippen LogP contribution is -2.36. The van der Waals surface area contributed by atoms with Gasteiger partial charge in [0.15, 0.2) is 21.3 Å². The minimum Gasteiger partial charge on any atom is -0.505 e. The number of sulfone groups is 1. The number of aromatic hydroxyl groups is 1. The molecule has 0 saturated heterocycles. The van der Waals surface area contributed by atoms with E-state index >= 15 is 0 Å². The summed E-state index contributed by atoms with van der Waals surface area (Å²) in [6, 6.07) is 10.9. The van der Waals surface area contributed by atoms with E-state index < -0.39 is 32.2 Å². The average molecular weight is 844 g/mol. The fourth-order valence-electron chi connectivity index (χ4n) is 5.09. The summed E-state index contributed by atoms with van der Waals surface area (Å²) in [6.45, 7) is 8.93. The first-order chi connectivity index (χ1) is 23.5. The number of anilines is 2. The van der Waals surface area contributed by atoms with Crippen LogP contribution in [-0.4, -0.2) is 63.7 Å². The number of amides is 2. The Kier molecular flexibility index (Phi) is 15.2. The predicted octanol–water partition coefficient (Wildman–Crippen LogP) is 6.92. The smallest absolute Gasteiger partial charge is 0.407 e. The molecule has 2 atom stereocenters. The first-order valence-corrected chi connectivity index (χ1v) is 21.7. The number of alkyl carbamates (subject to hydrolysis) is 1. The molecule has 1 heterocycles. The molecule has 16 heteroatoms. The third kappa shape index (κ3) is 11.7. The summed E-state index contributed by atoms with van der Waals surface area (Å²) in [5, 5.41) is 24.9. The molecule has 0 aliphatic carbocycles. The second kappa shape index (κ2) is 18.4. The summed E-state index contributed by atoms with van der Waals surface area (Å²) < 4.78 is 37.6. The number of aliphatic hydroxyl groups excluding tert-OH is 1. The van der Waals surface area contributed by atoms with Gasteiger partial charge in [-0.05, 0) is 94.1 Å². The summed E-state index contributed by atoms with van der Waals surface area (Å²) in [7, 11) is -3.76. The van der Waals surface area contributed by atoms with Crippen molar-refractivity contribution in [3.05, 3.63) is 59.9 Å². The van der Waals surface area contributed by atoms with E-state index in [-0.39, 0.29) is 59.2 Å². The van der Waals surface area contributed by atoms with Gasteiger partial charge in [-0.15, -0.1) is 0 Å². The van der Waals surface area contributed by atoms with Crippen molar-refractivity contribution in [3.63, 3.8) is 0 Å². The molecule has 0 saturated carbocycles. The second-order valence-electron chi connectivity index (χ2n) is 13.3. The van der Waals surface area contributed by atoms with Crippen LogP contribution in [0.4, 0.5) is 16.3 Å². The molecule has 13 nitrogen and oxygen atoms in total. The largest absolute Gasteiger partial charge is 0.505 e. The highest BCUT2D eigenvalue weighted by Gasteiger charge is 2.38. The number of unbranched alkanes of at least 4 members (excludes halogenated alkanes) is 3. The molecule has 274 valence electrons. The van der Waals surface area contributed by atoms with E-state index in [1.165, 1.54) is 24.4 Å². The molecular weight excluding hydrogens is 796 g/mol. The van der Waals surface area contributed by atoms with Gasteiger partial charge in [-0.2, -0.15) is 0 Å². The number of aliphatic hydroxyl groups is 1. The number of carbonyl (C=O) groups excluding carboxylic acids is 2. The number of nitrogens with two attached hydrogens (primary N) is 1. The van der Waals surface area contributed by atoms with Gasteiger partial charge in [-0.3, -0.25) is 4.79 Å². The van der Waals surface area contributed by atoms with Gasteiger partial charge in [0.05, 0.1) is 39.8 Å². The van der Waals surface area contributed by atoms with Crippen molar-refractivity contribution < 1.29 is 37.5 Å². The molecule has 3 rings (SSSR count). The highest BCUT2D eigenvalue weighted by Crippen LogP contribution is 2.36. The number of halogens is 1. The van der Waals surface area contributed by atoms with Gasteiger partial charge in [0, 0.05) is 24.3 Å². The highest BCUT2D eigenvalue weighted by atomic mass is 127. The molecule has 2 amide bonds. The summed E-state index contributed by atoms with van der Waals surface area (Å²) in [5.41, 5.74) is 6.31. The van der Waals surface area contributed by atoms with Crippen molar-refractivity contribution in [2.45, 2.75) is 101 Å². The van der Waals surface area contributed by atoms with Gasteiger partial charge < -0.3 is 35.8 Å². The van der Waals surface area contributed by atoms with Crippen molar-refractivity contribution in [1.29, 1.82) is 0 Å². The fraction of sp³-hybridized carbons (Fsp3) is 0.471. The Morgan fingerprint density at radius 2 is 1.72 bits per heavy atom. The number of ether oxygens (including phenoxy) is 1.